The van der Waals surface area contributed by atoms with Crippen LogP contribution < -0.4 is 0 Å². The smallest absolute Gasteiger partial charge is 0.237 e. The fraction of sp³-hybridized carbons (Fsp3) is 0.438. The Morgan fingerprint density at radius 1 is 1.14 bits per heavy atom. The molecule has 2 fully saturated rings. The summed E-state index contributed by atoms with van der Waals surface area (Å²) in [5.74, 6) is 0.347. The molecule has 0 aromatic heterocycles. The van der Waals surface area contributed by atoms with Crippen molar-refractivity contribution in [2.75, 3.05) is 0 Å². The quantitative estimate of drug-likeness (QED) is 0.803. The maximum atomic E-state index is 12.6. The second-order valence-corrected chi connectivity index (χ2v) is 7.51. The minimum Gasteiger partial charge on any atom is -0.302 e. The molecular formula is C16H19NO3S. The van der Waals surface area contributed by atoms with Crippen LogP contribution in [0.15, 0.2) is 35.7 Å². The summed E-state index contributed by atoms with van der Waals surface area (Å²) in [7, 11) is -3.55. The molecule has 3 rings (SSSR count). The fourth-order valence-electron chi connectivity index (χ4n) is 3.58. The van der Waals surface area contributed by atoms with E-state index in [9.17, 15) is 13.2 Å². The third kappa shape index (κ3) is 2.80. The lowest BCUT2D eigenvalue weighted by atomic mass is 10.0. The number of benzene rings is 1. The normalized spacial score (nSPS) is 29.8. The molecule has 2 aliphatic rings. The first-order valence-corrected chi connectivity index (χ1v) is 8.84. The molecular weight excluding hydrogens is 286 g/mol. The molecule has 1 saturated carbocycles. The van der Waals surface area contributed by atoms with E-state index in [1.807, 2.05) is 30.3 Å². The molecule has 0 unspecified atom stereocenters. The summed E-state index contributed by atoms with van der Waals surface area (Å²) in [5.41, 5.74) is 0.839. The highest BCUT2D eigenvalue weighted by Gasteiger charge is 2.48. The van der Waals surface area contributed by atoms with E-state index in [0.717, 1.165) is 31.1 Å². The molecule has 0 spiro atoms. The highest BCUT2D eigenvalue weighted by molar-refractivity contribution is 7.92. The van der Waals surface area contributed by atoms with E-state index in [0.29, 0.717) is 12.3 Å². The summed E-state index contributed by atoms with van der Waals surface area (Å²) < 4.78 is 26.6. The molecule has 4 nitrogen and oxygen atoms in total. The number of hydrogen-bond acceptors (Lipinski definition) is 3. The summed E-state index contributed by atoms with van der Waals surface area (Å²) >= 11 is 0. The molecule has 5 heteroatoms. The van der Waals surface area contributed by atoms with Crippen molar-refractivity contribution in [2.24, 2.45) is 5.92 Å². The van der Waals surface area contributed by atoms with Gasteiger partial charge in [-0.1, -0.05) is 36.8 Å². The Balaban J connectivity index is 1.86. The Morgan fingerprint density at radius 3 is 2.62 bits per heavy atom. The van der Waals surface area contributed by atoms with Gasteiger partial charge < -0.3 is 4.79 Å². The van der Waals surface area contributed by atoms with Crippen LogP contribution in [-0.4, -0.2) is 31.1 Å². The van der Waals surface area contributed by atoms with Gasteiger partial charge in [-0.15, -0.1) is 0 Å². The van der Waals surface area contributed by atoms with E-state index in [4.69, 9.17) is 0 Å². The van der Waals surface area contributed by atoms with Gasteiger partial charge in [0.2, 0.25) is 10.0 Å². The highest BCUT2D eigenvalue weighted by atomic mass is 32.2. The van der Waals surface area contributed by atoms with Gasteiger partial charge in [0, 0.05) is 11.4 Å². The van der Waals surface area contributed by atoms with Crippen molar-refractivity contribution in [3.63, 3.8) is 0 Å². The molecule has 1 saturated heterocycles. The van der Waals surface area contributed by atoms with Gasteiger partial charge in [-0.05, 0) is 36.8 Å². The number of carbonyl (C=O) groups excluding carboxylic acids is 1. The molecule has 1 aliphatic heterocycles. The van der Waals surface area contributed by atoms with Gasteiger partial charge in [0.05, 0.1) is 6.04 Å². The SMILES string of the molecule is O=C[C@H]1C[C@H]2CCC[C@H]2N1S(=O)(=O)/C=C/c1ccccc1. The lowest BCUT2D eigenvalue weighted by Crippen LogP contribution is -2.40. The number of fused-ring (bicyclic) bond motifs is 1. The molecule has 0 radical (unpaired) electrons. The van der Waals surface area contributed by atoms with E-state index in [2.05, 4.69) is 0 Å². The first kappa shape index (κ1) is 14.5. The number of rotatable bonds is 4. The molecule has 1 aromatic rings. The van der Waals surface area contributed by atoms with Crippen LogP contribution in [0.2, 0.25) is 0 Å². The van der Waals surface area contributed by atoms with Gasteiger partial charge in [0.25, 0.3) is 0 Å². The van der Waals surface area contributed by atoms with Crippen molar-refractivity contribution in [1.82, 2.24) is 4.31 Å². The second kappa shape index (κ2) is 5.73. The summed E-state index contributed by atoms with van der Waals surface area (Å²) in [6.07, 6.45) is 6.00. The van der Waals surface area contributed by atoms with Gasteiger partial charge in [-0.25, -0.2) is 8.42 Å². The fourth-order valence-corrected chi connectivity index (χ4v) is 5.22. The molecule has 1 aliphatic carbocycles. The number of nitrogens with zero attached hydrogens (tertiary/aromatic N) is 1. The topological polar surface area (TPSA) is 54.5 Å². The van der Waals surface area contributed by atoms with Crippen molar-refractivity contribution in [3.8, 4) is 0 Å². The summed E-state index contributed by atoms with van der Waals surface area (Å²) in [6.45, 7) is 0. The van der Waals surface area contributed by atoms with Crippen LogP contribution in [0.4, 0.5) is 0 Å². The van der Waals surface area contributed by atoms with E-state index in [1.165, 1.54) is 9.71 Å². The lowest BCUT2D eigenvalue weighted by molar-refractivity contribution is -0.110. The minimum absolute atomic E-state index is 0.00521. The van der Waals surface area contributed by atoms with E-state index < -0.39 is 16.1 Å². The molecule has 1 aromatic carbocycles. The molecule has 1 heterocycles. The summed E-state index contributed by atoms with van der Waals surface area (Å²) in [6, 6.07) is 8.83. The van der Waals surface area contributed by atoms with Crippen molar-refractivity contribution in [1.29, 1.82) is 0 Å². The largest absolute Gasteiger partial charge is 0.302 e. The van der Waals surface area contributed by atoms with Crippen LogP contribution >= 0.6 is 0 Å². The van der Waals surface area contributed by atoms with E-state index in [1.54, 1.807) is 6.08 Å². The zero-order chi connectivity index (χ0) is 14.9. The summed E-state index contributed by atoms with van der Waals surface area (Å²) in [4.78, 5) is 11.2. The maximum absolute atomic E-state index is 12.6. The molecule has 21 heavy (non-hydrogen) atoms. The Kier molecular flexibility index (Phi) is 3.95. The predicted molar refractivity (Wildman–Crippen MR) is 81.8 cm³/mol. The summed E-state index contributed by atoms with van der Waals surface area (Å²) in [5, 5.41) is 1.24. The molecule has 0 bridgehead atoms. The Labute approximate surface area is 125 Å². The monoisotopic (exact) mass is 305 g/mol. The van der Waals surface area contributed by atoms with Crippen molar-refractivity contribution < 1.29 is 13.2 Å². The van der Waals surface area contributed by atoms with Crippen LogP contribution in [-0.2, 0) is 14.8 Å². The zero-order valence-electron chi connectivity index (χ0n) is 11.8. The third-order valence-electron chi connectivity index (χ3n) is 4.50. The lowest BCUT2D eigenvalue weighted by Gasteiger charge is -2.24. The van der Waals surface area contributed by atoms with Gasteiger partial charge in [0.1, 0.15) is 6.29 Å². The van der Waals surface area contributed by atoms with Crippen LogP contribution in [0.3, 0.4) is 0 Å². The Hall–Kier alpha value is -1.46. The van der Waals surface area contributed by atoms with E-state index >= 15 is 0 Å². The number of carbonyl (C=O) groups is 1. The average Bonchev–Trinajstić information content (AvgIpc) is 3.06. The Bertz CT molecular complexity index is 639. The van der Waals surface area contributed by atoms with Gasteiger partial charge >= 0.3 is 0 Å². The Morgan fingerprint density at radius 2 is 1.90 bits per heavy atom. The molecule has 0 amide bonds. The van der Waals surface area contributed by atoms with Gasteiger partial charge in [-0.3, -0.25) is 0 Å². The van der Waals surface area contributed by atoms with E-state index in [-0.39, 0.29) is 6.04 Å². The van der Waals surface area contributed by atoms with Crippen molar-refractivity contribution in [3.05, 3.63) is 41.3 Å². The molecule has 0 N–H and O–H groups in total. The van der Waals surface area contributed by atoms with Crippen LogP contribution in [0.1, 0.15) is 31.2 Å². The van der Waals surface area contributed by atoms with Gasteiger partial charge in [-0.2, -0.15) is 4.31 Å². The zero-order valence-corrected chi connectivity index (χ0v) is 12.6. The predicted octanol–water partition coefficient (Wildman–Crippen LogP) is 2.43. The first-order chi connectivity index (χ1) is 10.1. The van der Waals surface area contributed by atoms with Crippen LogP contribution in [0.5, 0.6) is 0 Å². The van der Waals surface area contributed by atoms with Gasteiger partial charge in [0.15, 0.2) is 0 Å². The molecule has 112 valence electrons. The molecule has 3 atom stereocenters. The highest BCUT2D eigenvalue weighted by Crippen LogP contribution is 2.42. The number of aldehydes is 1. The first-order valence-electron chi connectivity index (χ1n) is 7.34. The van der Waals surface area contributed by atoms with Crippen LogP contribution in [0, 0.1) is 5.92 Å². The second-order valence-electron chi connectivity index (χ2n) is 5.79. The maximum Gasteiger partial charge on any atom is 0.237 e. The number of hydrogen-bond donors (Lipinski definition) is 0. The minimum atomic E-state index is -3.55. The number of sulfonamides is 1. The van der Waals surface area contributed by atoms with Crippen LogP contribution in [0.25, 0.3) is 6.08 Å². The van der Waals surface area contributed by atoms with Crippen molar-refractivity contribution in [2.45, 2.75) is 37.8 Å². The average molecular weight is 305 g/mol. The van der Waals surface area contributed by atoms with Crippen molar-refractivity contribution >= 4 is 22.4 Å². The standard InChI is InChI=1S/C16H19NO3S/c18-12-15-11-14-7-4-8-16(14)17(15)21(19,20)10-9-13-5-2-1-3-6-13/h1-3,5-6,9-10,12,14-16H,4,7-8,11H2/b10-9+/t14-,15-,16-/m1/s1. The third-order valence-corrected chi connectivity index (χ3v) is 6.11.